The van der Waals surface area contributed by atoms with Gasteiger partial charge >= 0.3 is 5.97 Å². The largest absolute Gasteiger partial charge is 0.462 e. The van der Waals surface area contributed by atoms with Crippen molar-refractivity contribution >= 4 is 52.0 Å². The number of nitrogens with one attached hydrogen (secondary N) is 1. The van der Waals surface area contributed by atoms with Crippen molar-refractivity contribution in [2.24, 2.45) is 0 Å². The molecule has 0 bridgehead atoms. The van der Waals surface area contributed by atoms with Crippen LogP contribution in [0.2, 0.25) is 5.02 Å². The van der Waals surface area contributed by atoms with Crippen LogP contribution in [0.3, 0.4) is 0 Å². The highest BCUT2D eigenvalue weighted by Gasteiger charge is 2.13. The fourth-order valence-electron chi connectivity index (χ4n) is 2.94. The third kappa shape index (κ3) is 4.90. The summed E-state index contributed by atoms with van der Waals surface area (Å²) in [5.41, 5.74) is 2.48. The third-order valence-corrected chi connectivity index (χ3v) is 5.68. The number of amides is 1. The number of hydrogen-bond donors (Lipinski definition) is 1. The Hall–Kier alpha value is -3.43. The minimum atomic E-state index is -0.396. The van der Waals surface area contributed by atoms with Crippen LogP contribution in [0.25, 0.3) is 16.7 Å². The molecular weight excluding hydrogens is 450 g/mol. The Morgan fingerprint density at radius 1 is 1.09 bits per heavy atom. The van der Waals surface area contributed by atoms with Gasteiger partial charge in [0, 0.05) is 10.7 Å². The second kappa shape index (κ2) is 9.80. The number of carbonyl (C=O) groups is 2. The van der Waals surface area contributed by atoms with Gasteiger partial charge in [-0.25, -0.2) is 19.4 Å². The van der Waals surface area contributed by atoms with Gasteiger partial charge in [0.05, 0.1) is 35.2 Å². The van der Waals surface area contributed by atoms with Crippen LogP contribution < -0.4 is 5.32 Å². The van der Waals surface area contributed by atoms with Crippen molar-refractivity contribution < 1.29 is 14.3 Å². The predicted molar refractivity (Wildman–Crippen MR) is 123 cm³/mol. The van der Waals surface area contributed by atoms with E-state index < -0.39 is 5.97 Å². The first-order valence-electron chi connectivity index (χ1n) is 9.69. The van der Waals surface area contributed by atoms with Crippen molar-refractivity contribution in [3.05, 3.63) is 71.6 Å². The number of hydrogen-bond acceptors (Lipinski definition) is 7. The van der Waals surface area contributed by atoms with Gasteiger partial charge in [-0.05, 0) is 55.5 Å². The minimum Gasteiger partial charge on any atom is -0.462 e. The fourth-order valence-corrected chi connectivity index (χ4v) is 3.83. The molecule has 2 aromatic heterocycles. The van der Waals surface area contributed by atoms with Gasteiger partial charge in [-0.2, -0.15) is 5.10 Å². The van der Waals surface area contributed by atoms with Crippen LogP contribution in [-0.2, 0) is 9.53 Å². The van der Waals surface area contributed by atoms with E-state index in [2.05, 4.69) is 20.4 Å². The second-order valence-corrected chi connectivity index (χ2v) is 7.98. The summed E-state index contributed by atoms with van der Waals surface area (Å²) in [6.45, 7) is 2.06. The highest BCUT2D eigenvalue weighted by Crippen LogP contribution is 2.26. The van der Waals surface area contributed by atoms with E-state index in [1.54, 1.807) is 54.2 Å². The normalized spacial score (nSPS) is 10.8. The number of carbonyl (C=O) groups excluding carboxylic acids is 2. The van der Waals surface area contributed by atoms with Gasteiger partial charge in [-0.15, -0.1) is 0 Å². The summed E-state index contributed by atoms with van der Waals surface area (Å²) in [5.74, 6) is -0.443. The van der Waals surface area contributed by atoms with Gasteiger partial charge in [0.1, 0.15) is 11.4 Å². The molecule has 0 unspecified atom stereocenters. The van der Waals surface area contributed by atoms with Crippen LogP contribution in [0.15, 0.2) is 66.1 Å². The van der Waals surface area contributed by atoms with Crippen LogP contribution in [0.5, 0.6) is 0 Å². The summed E-state index contributed by atoms with van der Waals surface area (Å²) in [6, 6.07) is 13.8. The molecule has 4 rings (SSSR count). The number of esters is 1. The maximum Gasteiger partial charge on any atom is 0.338 e. The third-order valence-electron chi connectivity index (χ3n) is 4.42. The quantitative estimate of drug-likeness (QED) is 0.244. The Bertz CT molecular complexity index is 1260. The molecule has 10 heteroatoms. The summed E-state index contributed by atoms with van der Waals surface area (Å²) in [7, 11) is 0. The molecule has 0 saturated heterocycles. The number of ether oxygens (including phenoxy) is 1. The molecule has 1 N–H and O–H groups in total. The molecule has 8 nitrogen and oxygen atoms in total. The predicted octanol–water partition coefficient (Wildman–Crippen LogP) is 4.38. The maximum absolute atomic E-state index is 12.4. The van der Waals surface area contributed by atoms with E-state index in [4.69, 9.17) is 16.3 Å². The van der Waals surface area contributed by atoms with E-state index in [0.717, 1.165) is 11.1 Å². The van der Waals surface area contributed by atoms with Gasteiger partial charge in [0.25, 0.3) is 0 Å². The molecule has 2 aromatic carbocycles. The van der Waals surface area contributed by atoms with Crippen LogP contribution in [0.4, 0.5) is 5.69 Å². The topological polar surface area (TPSA) is 99.0 Å². The molecule has 0 aliphatic carbocycles. The fraction of sp³-hybridized carbons (Fsp3) is 0.136. The Morgan fingerprint density at radius 3 is 2.56 bits per heavy atom. The number of rotatable bonds is 7. The molecule has 1 amide bonds. The van der Waals surface area contributed by atoms with Gasteiger partial charge in [-0.1, -0.05) is 23.4 Å². The molecular formula is C22H18ClN5O3S. The van der Waals surface area contributed by atoms with Gasteiger partial charge < -0.3 is 10.1 Å². The molecule has 0 saturated carbocycles. The average molecular weight is 468 g/mol. The zero-order chi connectivity index (χ0) is 22.5. The number of nitrogens with zero attached hydrogens (tertiary/aromatic N) is 4. The van der Waals surface area contributed by atoms with Crippen LogP contribution >= 0.6 is 23.4 Å². The lowest BCUT2D eigenvalue weighted by Gasteiger charge is -2.07. The molecule has 32 heavy (non-hydrogen) atoms. The summed E-state index contributed by atoms with van der Waals surface area (Å²) < 4.78 is 6.65. The van der Waals surface area contributed by atoms with Crippen molar-refractivity contribution in [3.8, 4) is 5.69 Å². The Kier molecular flexibility index (Phi) is 6.67. The molecule has 0 radical (unpaired) electrons. The zero-order valence-electron chi connectivity index (χ0n) is 17.0. The lowest BCUT2D eigenvalue weighted by Crippen LogP contribution is -2.14. The average Bonchev–Trinajstić information content (AvgIpc) is 3.24. The monoisotopic (exact) mass is 467 g/mol. The van der Waals surface area contributed by atoms with Crippen molar-refractivity contribution in [2.75, 3.05) is 17.7 Å². The van der Waals surface area contributed by atoms with E-state index in [9.17, 15) is 9.59 Å². The number of aromatic nitrogens is 4. The molecule has 0 aliphatic rings. The van der Waals surface area contributed by atoms with Crippen molar-refractivity contribution in [3.63, 3.8) is 0 Å². The van der Waals surface area contributed by atoms with Crippen molar-refractivity contribution in [1.29, 1.82) is 0 Å². The first-order chi connectivity index (χ1) is 15.5. The molecule has 4 aromatic rings. The van der Waals surface area contributed by atoms with Gasteiger partial charge in [-0.3, -0.25) is 4.79 Å². The number of halogens is 1. The molecule has 0 fully saturated rings. The molecule has 162 valence electrons. The van der Waals surface area contributed by atoms with Crippen molar-refractivity contribution in [1.82, 2.24) is 19.7 Å². The first kappa shape index (κ1) is 21.8. The van der Waals surface area contributed by atoms with Gasteiger partial charge in [0.15, 0.2) is 5.65 Å². The van der Waals surface area contributed by atoms with Gasteiger partial charge in [0.2, 0.25) is 5.91 Å². The number of anilines is 1. The Morgan fingerprint density at radius 2 is 1.84 bits per heavy atom. The van der Waals surface area contributed by atoms with Crippen molar-refractivity contribution in [2.45, 2.75) is 11.9 Å². The standard InChI is InChI=1S/C22H18ClN5O3S/c1-2-31-22(30)14-3-7-16(8-4-14)27-19(29)12-32-21-18-11-26-28(20(18)24-13-25-21)17-9-5-15(23)6-10-17/h3-11,13H,2,12H2,1H3,(H,27,29). The van der Waals surface area contributed by atoms with Crippen LogP contribution in [0.1, 0.15) is 17.3 Å². The number of fused-ring (bicyclic) bond motifs is 1. The van der Waals surface area contributed by atoms with Crippen LogP contribution in [0, 0.1) is 0 Å². The highest BCUT2D eigenvalue weighted by molar-refractivity contribution is 8.00. The minimum absolute atomic E-state index is 0.151. The highest BCUT2D eigenvalue weighted by atomic mass is 35.5. The molecule has 0 aliphatic heterocycles. The van der Waals surface area contributed by atoms with E-state index in [1.807, 2.05) is 12.1 Å². The molecule has 2 heterocycles. The maximum atomic E-state index is 12.4. The first-order valence-corrected chi connectivity index (χ1v) is 11.1. The molecule has 0 spiro atoms. The van der Waals surface area contributed by atoms with Crippen LogP contribution in [-0.4, -0.2) is 44.0 Å². The number of thioether (sulfide) groups is 1. The Balaban J connectivity index is 1.42. The SMILES string of the molecule is CCOC(=O)c1ccc(NC(=O)CSc2ncnc3c2cnn3-c2ccc(Cl)cc2)cc1. The lowest BCUT2D eigenvalue weighted by atomic mass is 10.2. The summed E-state index contributed by atoms with van der Waals surface area (Å²) in [5, 5.41) is 9.25. The summed E-state index contributed by atoms with van der Waals surface area (Å²) >= 11 is 7.25. The Labute approximate surface area is 193 Å². The van der Waals surface area contributed by atoms with E-state index in [1.165, 1.54) is 18.1 Å². The van der Waals surface area contributed by atoms with E-state index in [-0.39, 0.29) is 11.7 Å². The summed E-state index contributed by atoms with van der Waals surface area (Å²) in [6.07, 6.45) is 3.13. The summed E-state index contributed by atoms with van der Waals surface area (Å²) in [4.78, 5) is 32.8. The number of benzene rings is 2. The van der Waals surface area contributed by atoms with E-state index in [0.29, 0.717) is 33.6 Å². The second-order valence-electron chi connectivity index (χ2n) is 6.58. The molecule has 0 atom stereocenters. The smallest absolute Gasteiger partial charge is 0.338 e. The van der Waals surface area contributed by atoms with E-state index >= 15 is 0 Å². The lowest BCUT2D eigenvalue weighted by molar-refractivity contribution is -0.113. The zero-order valence-corrected chi connectivity index (χ0v) is 18.6.